The number of carbonyl (C=O) groups excluding carboxylic acids is 2. The van der Waals surface area contributed by atoms with Gasteiger partial charge in [0.2, 0.25) is 0 Å². The maximum Gasteiger partial charge on any atom is 0.306 e. The Balaban J connectivity index is 1.89. The van der Waals surface area contributed by atoms with Gasteiger partial charge in [0, 0.05) is 5.92 Å². The number of Topliss-reactive ketones (excluding diaryl/α,β-unsaturated/α-hetero) is 1. The highest BCUT2D eigenvalue weighted by molar-refractivity contribution is 6.43. The number of halogens is 1. The Kier molecular flexibility index (Phi) is 6.69. The molecule has 0 spiro atoms. The van der Waals surface area contributed by atoms with Gasteiger partial charge < -0.3 is 4.74 Å². The van der Waals surface area contributed by atoms with E-state index in [4.69, 9.17) is 16.3 Å². The predicted octanol–water partition coefficient (Wildman–Crippen LogP) is 4.55. The lowest BCUT2D eigenvalue weighted by Crippen LogP contribution is -2.24. The molecule has 3 nitrogen and oxygen atoms in total. The van der Waals surface area contributed by atoms with Gasteiger partial charge in [0.1, 0.15) is 6.10 Å². The maximum atomic E-state index is 12.1. The minimum absolute atomic E-state index is 0.0436. The van der Waals surface area contributed by atoms with Gasteiger partial charge in [-0.3, -0.25) is 9.59 Å². The molecule has 1 saturated carbocycles. The third kappa shape index (κ3) is 4.70. The summed E-state index contributed by atoms with van der Waals surface area (Å²) in [6.07, 6.45) is 13.1. The quantitative estimate of drug-likeness (QED) is 0.532. The Labute approximate surface area is 137 Å². The standard InChI is InChI=1S/C18H25ClO3/c1-2-3-5-10-15-13(11-16(19)18(15)21)12-17(20)22-14-8-6-4-7-9-14/h3,5,11,13-15H,2,4,6-10,12H2,1H3/b5-3-/t13-,15+/m0/s1. The number of esters is 1. The second-order valence-corrected chi connectivity index (χ2v) is 6.63. The molecule has 2 aliphatic carbocycles. The van der Waals surface area contributed by atoms with Crippen LogP contribution < -0.4 is 0 Å². The Hall–Kier alpha value is -1.09. The molecule has 22 heavy (non-hydrogen) atoms. The van der Waals surface area contributed by atoms with E-state index in [1.807, 2.05) is 12.2 Å². The van der Waals surface area contributed by atoms with Crippen molar-refractivity contribution in [2.45, 2.75) is 64.4 Å². The molecule has 4 heteroatoms. The molecule has 0 aliphatic heterocycles. The first-order valence-electron chi connectivity index (χ1n) is 8.37. The number of allylic oxidation sites excluding steroid dienone is 4. The monoisotopic (exact) mass is 324 g/mol. The minimum Gasteiger partial charge on any atom is -0.462 e. The fraction of sp³-hybridized carbons (Fsp3) is 0.667. The molecule has 0 unspecified atom stereocenters. The van der Waals surface area contributed by atoms with Gasteiger partial charge in [0.15, 0.2) is 5.78 Å². The second-order valence-electron chi connectivity index (χ2n) is 6.22. The summed E-state index contributed by atoms with van der Waals surface area (Å²) in [7, 11) is 0. The molecule has 2 aliphatic rings. The molecule has 1 fully saturated rings. The molecular weight excluding hydrogens is 300 g/mol. The van der Waals surface area contributed by atoms with Gasteiger partial charge >= 0.3 is 5.97 Å². The second kappa shape index (κ2) is 8.52. The highest BCUT2D eigenvalue weighted by atomic mass is 35.5. The van der Waals surface area contributed by atoms with E-state index in [-0.39, 0.29) is 41.1 Å². The summed E-state index contributed by atoms with van der Waals surface area (Å²) < 4.78 is 5.56. The van der Waals surface area contributed by atoms with Crippen molar-refractivity contribution in [3.05, 3.63) is 23.3 Å². The van der Waals surface area contributed by atoms with E-state index in [2.05, 4.69) is 6.92 Å². The van der Waals surface area contributed by atoms with Crippen molar-refractivity contribution in [2.24, 2.45) is 11.8 Å². The van der Waals surface area contributed by atoms with Crippen LogP contribution in [0.1, 0.15) is 58.3 Å². The molecule has 0 radical (unpaired) electrons. The van der Waals surface area contributed by atoms with Crippen molar-refractivity contribution in [1.82, 2.24) is 0 Å². The van der Waals surface area contributed by atoms with E-state index in [1.54, 1.807) is 6.08 Å². The normalized spacial score (nSPS) is 26.5. The highest BCUT2D eigenvalue weighted by Gasteiger charge is 2.36. The lowest BCUT2D eigenvalue weighted by atomic mass is 9.89. The fourth-order valence-corrected chi connectivity index (χ4v) is 3.56. The van der Waals surface area contributed by atoms with Crippen molar-refractivity contribution >= 4 is 23.4 Å². The molecule has 122 valence electrons. The summed E-state index contributed by atoms with van der Waals surface area (Å²) in [6.45, 7) is 2.05. The van der Waals surface area contributed by atoms with E-state index in [1.165, 1.54) is 6.42 Å². The van der Waals surface area contributed by atoms with Crippen LogP contribution >= 0.6 is 11.6 Å². The van der Waals surface area contributed by atoms with E-state index in [0.29, 0.717) is 6.42 Å². The number of hydrogen-bond donors (Lipinski definition) is 0. The number of ether oxygens (including phenoxy) is 1. The van der Waals surface area contributed by atoms with E-state index >= 15 is 0 Å². The van der Waals surface area contributed by atoms with Gasteiger partial charge in [-0.2, -0.15) is 0 Å². The molecule has 0 amide bonds. The third-order valence-corrected chi connectivity index (χ3v) is 4.81. The van der Waals surface area contributed by atoms with Gasteiger partial charge in [-0.1, -0.05) is 43.2 Å². The van der Waals surface area contributed by atoms with Crippen LogP contribution in [0.3, 0.4) is 0 Å². The molecule has 0 bridgehead atoms. The van der Waals surface area contributed by atoms with Crippen molar-refractivity contribution in [3.8, 4) is 0 Å². The molecule has 0 aromatic carbocycles. The summed E-state index contributed by atoms with van der Waals surface area (Å²) in [5.74, 6) is -0.582. The van der Waals surface area contributed by atoms with Crippen LogP contribution in [0.2, 0.25) is 0 Å². The van der Waals surface area contributed by atoms with Gasteiger partial charge in [0.25, 0.3) is 0 Å². The van der Waals surface area contributed by atoms with E-state index in [9.17, 15) is 9.59 Å². The summed E-state index contributed by atoms with van der Waals surface area (Å²) >= 11 is 5.98. The predicted molar refractivity (Wildman–Crippen MR) is 87.6 cm³/mol. The van der Waals surface area contributed by atoms with E-state index < -0.39 is 0 Å². The largest absolute Gasteiger partial charge is 0.462 e. The van der Waals surface area contributed by atoms with Crippen LogP contribution in [0, 0.1) is 11.8 Å². The fourth-order valence-electron chi connectivity index (χ4n) is 3.26. The van der Waals surface area contributed by atoms with Gasteiger partial charge in [-0.25, -0.2) is 0 Å². The van der Waals surface area contributed by atoms with Crippen molar-refractivity contribution in [2.75, 3.05) is 0 Å². The van der Waals surface area contributed by atoms with Crippen LogP contribution in [0.15, 0.2) is 23.3 Å². The Morgan fingerprint density at radius 2 is 2.05 bits per heavy atom. The number of hydrogen-bond acceptors (Lipinski definition) is 3. The molecule has 0 saturated heterocycles. The maximum absolute atomic E-state index is 12.1. The van der Waals surface area contributed by atoms with E-state index in [0.717, 1.165) is 32.1 Å². The lowest BCUT2D eigenvalue weighted by molar-refractivity contribution is -0.151. The summed E-state index contributed by atoms with van der Waals surface area (Å²) in [5, 5.41) is 0.269. The molecule has 0 N–H and O–H groups in total. The van der Waals surface area contributed by atoms with Crippen LogP contribution in [0.25, 0.3) is 0 Å². The number of rotatable bonds is 6. The Bertz CT molecular complexity index is 461. The summed E-state index contributed by atoms with van der Waals surface area (Å²) in [5.41, 5.74) is 0. The highest BCUT2D eigenvalue weighted by Crippen LogP contribution is 2.35. The van der Waals surface area contributed by atoms with Crippen molar-refractivity contribution in [3.63, 3.8) is 0 Å². The lowest BCUT2D eigenvalue weighted by Gasteiger charge is -2.23. The molecule has 0 aromatic heterocycles. The van der Waals surface area contributed by atoms with Crippen molar-refractivity contribution in [1.29, 1.82) is 0 Å². The zero-order valence-electron chi connectivity index (χ0n) is 13.2. The number of ketones is 1. The van der Waals surface area contributed by atoms with Gasteiger partial charge in [-0.05, 0) is 44.4 Å². The first-order chi connectivity index (χ1) is 10.6. The topological polar surface area (TPSA) is 43.4 Å². The summed E-state index contributed by atoms with van der Waals surface area (Å²) in [6, 6.07) is 0. The first kappa shape index (κ1) is 17.3. The van der Waals surface area contributed by atoms with Crippen LogP contribution in [0.4, 0.5) is 0 Å². The smallest absolute Gasteiger partial charge is 0.306 e. The number of carbonyl (C=O) groups is 2. The molecule has 0 aromatic rings. The summed E-state index contributed by atoms with van der Waals surface area (Å²) in [4.78, 5) is 24.2. The zero-order valence-corrected chi connectivity index (χ0v) is 14.0. The molecule has 2 rings (SSSR count). The van der Waals surface area contributed by atoms with Gasteiger partial charge in [-0.15, -0.1) is 0 Å². The third-order valence-electron chi connectivity index (χ3n) is 4.49. The first-order valence-corrected chi connectivity index (χ1v) is 8.75. The Morgan fingerprint density at radius 3 is 2.73 bits per heavy atom. The average Bonchev–Trinajstić information content (AvgIpc) is 2.76. The average molecular weight is 325 g/mol. The Morgan fingerprint density at radius 1 is 1.32 bits per heavy atom. The molecular formula is C18H25ClO3. The van der Waals surface area contributed by atoms with Gasteiger partial charge in [0.05, 0.1) is 11.5 Å². The van der Waals surface area contributed by atoms with Crippen LogP contribution in [-0.2, 0) is 14.3 Å². The van der Waals surface area contributed by atoms with Crippen LogP contribution in [0.5, 0.6) is 0 Å². The zero-order chi connectivity index (χ0) is 15.9. The SMILES string of the molecule is CC/C=C\C[C@H]1C(=O)C(Cl)=C[C@H]1CC(=O)OC1CCCCC1. The minimum atomic E-state index is -0.214. The van der Waals surface area contributed by atoms with Crippen LogP contribution in [-0.4, -0.2) is 17.9 Å². The molecule has 0 heterocycles. The van der Waals surface area contributed by atoms with Crippen molar-refractivity contribution < 1.29 is 14.3 Å². The molecule has 2 atom stereocenters.